The lowest BCUT2D eigenvalue weighted by Gasteiger charge is -2.34. The molecular formula is C35H36Cl3N3O4S. The summed E-state index contributed by atoms with van der Waals surface area (Å²) in [7, 11) is -4.33. The fourth-order valence-electron chi connectivity index (χ4n) is 4.90. The third kappa shape index (κ3) is 9.04. The summed E-state index contributed by atoms with van der Waals surface area (Å²) in [6, 6.07) is 26.1. The number of unbranched alkanes of at least 4 members (excludes halogenated alkanes) is 1. The largest absolute Gasteiger partial charge is 0.354 e. The number of anilines is 1. The van der Waals surface area contributed by atoms with Gasteiger partial charge in [0.1, 0.15) is 12.6 Å². The van der Waals surface area contributed by atoms with Crippen LogP contribution in [0.15, 0.2) is 102 Å². The van der Waals surface area contributed by atoms with Gasteiger partial charge in [-0.3, -0.25) is 13.9 Å². The highest BCUT2D eigenvalue weighted by molar-refractivity contribution is 7.92. The Kier molecular flexibility index (Phi) is 12.5. The van der Waals surface area contributed by atoms with Gasteiger partial charge >= 0.3 is 0 Å². The molecule has 0 aliphatic carbocycles. The van der Waals surface area contributed by atoms with E-state index in [-0.39, 0.29) is 39.5 Å². The zero-order chi connectivity index (χ0) is 33.3. The van der Waals surface area contributed by atoms with Crippen molar-refractivity contribution < 1.29 is 18.0 Å². The highest BCUT2D eigenvalue weighted by Gasteiger charge is 2.35. The third-order valence-corrected chi connectivity index (χ3v) is 10.2. The number of hydrogen-bond acceptors (Lipinski definition) is 4. The zero-order valence-electron chi connectivity index (χ0n) is 25.6. The Morgan fingerprint density at radius 1 is 0.848 bits per heavy atom. The van der Waals surface area contributed by atoms with Crippen LogP contribution >= 0.6 is 34.8 Å². The summed E-state index contributed by atoms with van der Waals surface area (Å²) in [5.74, 6) is -0.982. The van der Waals surface area contributed by atoms with E-state index in [4.69, 9.17) is 34.8 Å². The standard InChI is InChI=1S/C35H36Cl3N3O4S/c1-3-4-20-39-35(43)33(21-26-10-6-5-7-11-26)40(23-27-12-8-9-13-30(27)37)34(42)24-41(32-22-28(36)16-19-31(32)38)46(44,45)29-17-14-25(2)15-18-29/h5-19,22,33H,3-4,20-21,23-24H2,1-2H3,(H,39,43)/t33-/m1/s1. The average Bonchev–Trinajstić information content (AvgIpc) is 3.04. The quantitative estimate of drug-likeness (QED) is 0.137. The van der Waals surface area contributed by atoms with Crippen molar-refractivity contribution in [1.29, 1.82) is 0 Å². The molecule has 11 heteroatoms. The lowest BCUT2D eigenvalue weighted by atomic mass is 10.0. The SMILES string of the molecule is CCCCNC(=O)[C@@H](Cc1ccccc1)N(Cc1ccccc1Cl)C(=O)CN(c1cc(Cl)ccc1Cl)S(=O)(=O)c1ccc(C)cc1. The van der Waals surface area contributed by atoms with E-state index < -0.39 is 28.5 Å². The van der Waals surface area contributed by atoms with Crippen LogP contribution < -0.4 is 9.62 Å². The predicted octanol–water partition coefficient (Wildman–Crippen LogP) is 7.71. The highest BCUT2D eigenvalue weighted by Crippen LogP contribution is 2.33. The Hall–Kier alpha value is -3.56. The molecule has 0 spiro atoms. The number of sulfonamides is 1. The highest BCUT2D eigenvalue weighted by atomic mass is 35.5. The molecule has 0 aliphatic rings. The first-order chi connectivity index (χ1) is 22.0. The molecule has 46 heavy (non-hydrogen) atoms. The van der Waals surface area contributed by atoms with Crippen LogP contribution in [0.4, 0.5) is 5.69 Å². The van der Waals surface area contributed by atoms with Gasteiger partial charge in [0, 0.05) is 29.6 Å². The zero-order valence-corrected chi connectivity index (χ0v) is 28.7. The number of halogens is 3. The Morgan fingerprint density at radius 2 is 1.52 bits per heavy atom. The molecule has 4 rings (SSSR count). The van der Waals surface area contributed by atoms with E-state index >= 15 is 0 Å². The molecule has 4 aromatic rings. The molecule has 4 aromatic carbocycles. The summed E-state index contributed by atoms with van der Waals surface area (Å²) < 4.78 is 29.3. The van der Waals surface area contributed by atoms with Crippen molar-refractivity contribution in [3.63, 3.8) is 0 Å². The van der Waals surface area contributed by atoms with Crippen LogP contribution in [-0.2, 0) is 32.6 Å². The molecule has 7 nitrogen and oxygen atoms in total. The summed E-state index contributed by atoms with van der Waals surface area (Å²) in [5.41, 5.74) is 2.33. The first kappa shape index (κ1) is 35.3. The maximum atomic E-state index is 14.6. The van der Waals surface area contributed by atoms with Gasteiger partial charge in [-0.05, 0) is 60.9 Å². The van der Waals surface area contributed by atoms with Gasteiger partial charge in [0.25, 0.3) is 10.0 Å². The lowest BCUT2D eigenvalue weighted by molar-refractivity contribution is -0.140. The van der Waals surface area contributed by atoms with Crippen molar-refractivity contribution in [3.05, 3.63) is 129 Å². The van der Waals surface area contributed by atoms with Crippen LogP contribution in [0.3, 0.4) is 0 Å². The number of amides is 2. The van der Waals surface area contributed by atoms with Crippen molar-refractivity contribution in [3.8, 4) is 0 Å². The number of benzene rings is 4. The molecule has 2 amide bonds. The molecule has 0 unspecified atom stereocenters. The second-order valence-electron chi connectivity index (χ2n) is 10.9. The molecule has 0 aliphatic heterocycles. The van der Waals surface area contributed by atoms with Crippen molar-refractivity contribution in [2.24, 2.45) is 0 Å². The molecule has 0 saturated carbocycles. The monoisotopic (exact) mass is 699 g/mol. The van der Waals surface area contributed by atoms with Gasteiger partial charge in [-0.2, -0.15) is 0 Å². The minimum absolute atomic E-state index is 0.0299. The van der Waals surface area contributed by atoms with Crippen LogP contribution in [0, 0.1) is 6.92 Å². The van der Waals surface area contributed by atoms with Crippen LogP contribution in [0.5, 0.6) is 0 Å². The van der Waals surface area contributed by atoms with Crippen LogP contribution in [0.25, 0.3) is 0 Å². The Bertz CT molecular complexity index is 1750. The lowest BCUT2D eigenvalue weighted by Crippen LogP contribution is -2.53. The Morgan fingerprint density at radius 3 is 2.20 bits per heavy atom. The van der Waals surface area contributed by atoms with Crippen LogP contribution in [0.2, 0.25) is 15.1 Å². The van der Waals surface area contributed by atoms with E-state index in [1.54, 1.807) is 36.4 Å². The molecule has 1 N–H and O–H groups in total. The van der Waals surface area contributed by atoms with Gasteiger partial charge in [0.15, 0.2) is 0 Å². The van der Waals surface area contributed by atoms with E-state index in [1.807, 2.05) is 44.2 Å². The van der Waals surface area contributed by atoms with Gasteiger partial charge in [0.05, 0.1) is 15.6 Å². The molecule has 242 valence electrons. The summed E-state index contributed by atoms with van der Waals surface area (Å²) in [5, 5.41) is 3.70. The maximum absolute atomic E-state index is 14.6. The smallest absolute Gasteiger partial charge is 0.264 e. The summed E-state index contributed by atoms with van der Waals surface area (Å²) in [4.78, 5) is 29.8. The normalized spacial score (nSPS) is 11.9. The minimum Gasteiger partial charge on any atom is -0.354 e. The Balaban J connectivity index is 1.83. The second kappa shape index (κ2) is 16.3. The molecule has 0 fully saturated rings. The summed E-state index contributed by atoms with van der Waals surface area (Å²) in [6.07, 6.45) is 1.83. The second-order valence-corrected chi connectivity index (χ2v) is 14.0. The summed E-state index contributed by atoms with van der Waals surface area (Å²) in [6.45, 7) is 3.59. The fraction of sp³-hybridized carbons (Fsp3) is 0.257. The predicted molar refractivity (Wildman–Crippen MR) is 186 cm³/mol. The van der Waals surface area contributed by atoms with Gasteiger partial charge in [-0.15, -0.1) is 0 Å². The van der Waals surface area contributed by atoms with Gasteiger partial charge in [-0.25, -0.2) is 8.42 Å². The summed E-state index contributed by atoms with van der Waals surface area (Å²) >= 11 is 19.4. The average molecular weight is 701 g/mol. The van der Waals surface area contributed by atoms with E-state index in [0.717, 1.165) is 28.3 Å². The first-order valence-electron chi connectivity index (χ1n) is 14.9. The molecular weight excluding hydrogens is 665 g/mol. The minimum atomic E-state index is -4.33. The van der Waals surface area contributed by atoms with Crippen molar-refractivity contribution in [2.45, 2.75) is 50.6 Å². The number of aryl methyl sites for hydroxylation is 1. The number of hydrogen-bond donors (Lipinski definition) is 1. The Labute approximate surface area is 286 Å². The van der Waals surface area contributed by atoms with E-state index in [0.29, 0.717) is 17.1 Å². The molecule has 1 atom stereocenters. The molecule has 0 bridgehead atoms. The molecule has 0 saturated heterocycles. The first-order valence-corrected chi connectivity index (χ1v) is 17.5. The van der Waals surface area contributed by atoms with Crippen molar-refractivity contribution >= 4 is 62.3 Å². The number of carbonyl (C=O) groups is 2. The number of rotatable bonds is 14. The third-order valence-electron chi connectivity index (χ3n) is 7.46. The van der Waals surface area contributed by atoms with E-state index in [9.17, 15) is 18.0 Å². The van der Waals surface area contributed by atoms with Crippen LogP contribution in [0.1, 0.15) is 36.5 Å². The van der Waals surface area contributed by atoms with Gasteiger partial charge < -0.3 is 10.2 Å². The number of nitrogens with one attached hydrogen (secondary N) is 1. The van der Waals surface area contributed by atoms with Crippen molar-refractivity contribution in [1.82, 2.24) is 10.2 Å². The molecule has 0 aromatic heterocycles. The van der Waals surface area contributed by atoms with Gasteiger partial charge in [-0.1, -0.05) is 114 Å². The molecule has 0 heterocycles. The molecule has 0 radical (unpaired) electrons. The number of nitrogens with zero attached hydrogens (tertiary/aromatic N) is 2. The fourth-order valence-corrected chi connectivity index (χ4v) is 6.95. The van der Waals surface area contributed by atoms with Crippen LogP contribution in [-0.4, -0.2) is 44.3 Å². The van der Waals surface area contributed by atoms with Crippen molar-refractivity contribution in [2.75, 3.05) is 17.4 Å². The van der Waals surface area contributed by atoms with E-state index in [1.165, 1.54) is 35.2 Å². The number of carbonyl (C=O) groups excluding carboxylic acids is 2. The van der Waals surface area contributed by atoms with E-state index in [2.05, 4.69) is 5.32 Å². The topological polar surface area (TPSA) is 86.8 Å². The maximum Gasteiger partial charge on any atom is 0.264 e. The van der Waals surface area contributed by atoms with Gasteiger partial charge in [0.2, 0.25) is 11.8 Å².